The van der Waals surface area contributed by atoms with Crippen LogP contribution in [0.1, 0.15) is 17.3 Å². The van der Waals surface area contributed by atoms with Crippen molar-refractivity contribution in [2.75, 3.05) is 38.7 Å². The van der Waals surface area contributed by atoms with Crippen molar-refractivity contribution in [2.45, 2.75) is 12.6 Å². The number of rotatable bonds is 9. The molecule has 1 aliphatic rings. The maximum Gasteiger partial charge on any atom is 0.322 e. The molecule has 40 heavy (non-hydrogen) atoms. The summed E-state index contributed by atoms with van der Waals surface area (Å²) in [6.45, 7) is 1.29. The second kappa shape index (κ2) is 12.5. The van der Waals surface area contributed by atoms with Crippen LogP contribution in [-0.4, -0.2) is 59.7 Å². The van der Waals surface area contributed by atoms with Gasteiger partial charge in [-0.25, -0.2) is 9.18 Å². The van der Waals surface area contributed by atoms with E-state index in [4.69, 9.17) is 9.47 Å². The van der Waals surface area contributed by atoms with E-state index in [-0.39, 0.29) is 37.3 Å². The number of carbonyl (C=O) groups excluding carboxylic acids is 2. The highest BCUT2D eigenvalue weighted by atomic mass is 19.1. The van der Waals surface area contributed by atoms with Crippen LogP contribution in [0.2, 0.25) is 0 Å². The number of anilines is 1. The predicted octanol–water partition coefficient (Wildman–Crippen LogP) is 5.53. The summed E-state index contributed by atoms with van der Waals surface area (Å²) in [6, 6.07) is 26.1. The SMILES string of the molecule is COCCN(CC(=O)N1CCn2cccc2C1c1cccc(Oc2ccccc2)c1)C(=O)Nc1ccccc1F. The van der Waals surface area contributed by atoms with Gasteiger partial charge in [-0.2, -0.15) is 0 Å². The zero-order chi connectivity index (χ0) is 27.9. The van der Waals surface area contributed by atoms with Gasteiger partial charge in [-0.3, -0.25) is 4.79 Å². The van der Waals surface area contributed by atoms with Crippen LogP contribution in [-0.2, 0) is 16.1 Å². The summed E-state index contributed by atoms with van der Waals surface area (Å²) in [4.78, 5) is 30.1. The molecule has 9 heteroatoms. The van der Waals surface area contributed by atoms with Crippen LogP contribution < -0.4 is 10.1 Å². The first-order valence-corrected chi connectivity index (χ1v) is 13.1. The molecule has 4 aromatic rings. The molecule has 1 aromatic heterocycles. The van der Waals surface area contributed by atoms with Gasteiger partial charge in [0.1, 0.15) is 23.9 Å². The maximum absolute atomic E-state index is 14.2. The van der Waals surface area contributed by atoms with Crippen molar-refractivity contribution in [1.29, 1.82) is 0 Å². The van der Waals surface area contributed by atoms with Crippen LogP contribution in [0, 0.1) is 5.82 Å². The Bertz CT molecular complexity index is 1460. The maximum atomic E-state index is 14.2. The van der Waals surface area contributed by atoms with E-state index in [1.165, 1.54) is 24.1 Å². The molecule has 8 nitrogen and oxygen atoms in total. The third-order valence-corrected chi connectivity index (χ3v) is 6.81. The molecule has 5 rings (SSSR count). The van der Waals surface area contributed by atoms with Crippen molar-refractivity contribution in [1.82, 2.24) is 14.4 Å². The number of hydrogen-bond donors (Lipinski definition) is 1. The molecule has 0 saturated carbocycles. The molecule has 0 bridgehead atoms. The lowest BCUT2D eigenvalue weighted by atomic mass is 9.99. The number of nitrogens with one attached hydrogen (secondary N) is 1. The minimum atomic E-state index is -0.578. The number of amides is 3. The lowest BCUT2D eigenvalue weighted by Gasteiger charge is -2.38. The van der Waals surface area contributed by atoms with E-state index in [2.05, 4.69) is 9.88 Å². The molecule has 0 fully saturated rings. The highest BCUT2D eigenvalue weighted by molar-refractivity contribution is 5.92. The van der Waals surface area contributed by atoms with Crippen molar-refractivity contribution in [3.8, 4) is 11.5 Å². The smallest absolute Gasteiger partial charge is 0.322 e. The fourth-order valence-electron chi connectivity index (χ4n) is 4.84. The Hall–Kier alpha value is -4.63. The molecular formula is C31H31FN4O4. The molecule has 1 unspecified atom stereocenters. The Morgan fingerprint density at radius 3 is 2.52 bits per heavy atom. The number of fused-ring (bicyclic) bond motifs is 1. The molecule has 0 aliphatic carbocycles. The molecule has 0 saturated heterocycles. The monoisotopic (exact) mass is 542 g/mol. The molecule has 206 valence electrons. The van der Waals surface area contributed by atoms with E-state index in [1.807, 2.05) is 72.9 Å². The van der Waals surface area contributed by atoms with E-state index in [0.717, 1.165) is 11.3 Å². The zero-order valence-electron chi connectivity index (χ0n) is 22.2. The number of methoxy groups -OCH3 is 1. The van der Waals surface area contributed by atoms with Gasteiger partial charge in [-0.15, -0.1) is 0 Å². The highest BCUT2D eigenvalue weighted by Crippen LogP contribution is 2.35. The van der Waals surface area contributed by atoms with Gasteiger partial charge in [0.25, 0.3) is 0 Å². The van der Waals surface area contributed by atoms with Crippen LogP contribution >= 0.6 is 0 Å². The van der Waals surface area contributed by atoms with Gasteiger partial charge in [0, 0.05) is 38.6 Å². The Balaban J connectivity index is 1.39. The van der Waals surface area contributed by atoms with Gasteiger partial charge in [0.2, 0.25) is 5.91 Å². The summed E-state index contributed by atoms with van der Waals surface area (Å²) < 4.78 is 27.6. The molecule has 0 radical (unpaired) electrons. The number of nitrogens with zero attached hydrogens (tertiary/aromatic N) is 3. The number of hydrogen-bond acceptors (Lipinski definition) is 4. The number of ether oxygens (including phenoxy) is 2. The van der Waals surface area contributed by atoms with Crippen molar-refractivity contribution >= 4 is 17.6 Å². The number of aromatic nitrogens is 1. The van der Waals surface area contributed by atoms with Crippen molar-refractivity contribution in [2.24, 2.45) is 0 Å². The first-order valence-electron chi connectivity index (χ1n) is 13.1. The molecule has 1 N–H and O–H groups in total. The van der Waals surface area contributed by atoms with Gasteiger partial charge in [0.05, 0.1) is 18.3 Å². The first-order chi connectivity index (χ1) is 19.5. The lowest BCUT2D eigenvalue weighted by Crippen LogP contribution is -2.49. The molecule has 3 aromatic carbocycles. The van der Waals surface area contributed by atoms with Crippen molar-refractivity contribution < 1.29 is 23.5 Å². The van der Waals surface area contributed by atoms with E-state index in [1.54, 1.807) is 17.0 Å². The number of urea groups is 1. The number of benzene rings is 3. The summed E-state index contributed by atoms with van der Waals surface area (Å²) in [6.07, 6.45) is 2.00. The van der Waals surface area contributed by atoms with Gasteiger partial charge < -0.3 is 29.2 Å². The Morgan fingerprint density at radius 2 is 1.73 bits per heavy atom. The lowest BCUT2D eigenvalue weighted by molar-refractivity contribution is -0.134. The molecule has 2 heterocycles. The summed E-state index contributed by atoms with van der Waals surface area (Å²) in [5.41, 5.74) is 1.91. The molecular weight excluding hydrogens is 511 g/mol. The van der Waals surface area contributed by atoms with Crippen molar-refractivity contribution in [3.05, 3.63) is 114 Å². The van der Waals surface area contributed by atoms with Gasteiger partial charge in [-0.05, 0) is 54.1 Å². The predicted molar refractivity (Wildman–Crippen MR) is 150 cm³/mol. The largest absolute Gasteiger partial charge is 0.457 e. The van der Waals surface area contributed by atoms with Crippen LogP contribution in [0.4, 0.5) is 14.9 Å². The summed E-state index contributed by atoms with van der Waals surface area (Å²) in [5.74, 6) is 0.593. The summed E-state index contributed by atoms with van der Waals surface area (Å²) in [7, 11) is 1.52. The Kier molecular flexibility index (Phi) is 8.41. The second-order valence-corrected chi connectivity index (χ2v) is 9.43. The first kappa shape index (κ1) is 27.0. The van der Waals surface area contributed by atoms with Crippen molar-refractivity contribution in [3.63, 3.8) is 0 Å². The van der Waals surface area contributed by atoms with Crippen LogP contribution in [0.3, 0.4) is 0 Å². The summed E-state index contributed by atoms with van der Waals surface area (Å²) in [5, 5.41) is 2.58. The zero-order valence-corrected chi connectivity index (χ0v) is 22.2. The third kappa shape index (κ3) is 6.16. The van der Waals surface area contributed by atoms with E-state index in [9.17, 15) is 14.0 Å². The average molecular weight is 543 g/mol. The molecule has 3 amide bonds. The highest BCUT2D eigenvalue weighted by Gasteiger charge is 2.33. The number of halogens is 1. The summed E-state index contributed by atoms with van der Waals surface area (Å²) >= 11 is 0. The van der Waals surface area contributed by atoms with E-state index in [0.29, 0.717) is 24.6 Å². The Labute approximate surface area is 232 Å². The second-order valence-electron chi connectivity index (χ2n) is 9.43. The Morgan fingerprint density at radius 1 is 0.950 bits per heavy atom. The third-order valence-electron chi connectivity index (χ3n) is 6.81. The topological polar surface area (TPSA) is 76.0 Å². The quantitative estimate of drug-likeness (QED) is 0.302. The minimum absolute atomic E-state index is 0.0475. The fourth-order valence-corrected chi connectivity index (χ4v) is 4.84. The van der Waals surface area contributed by atoms with Crippen LogP contribution in [0.15, 0.2) is 97.2 Å². The van der Waals surface area contributed by atoms with Crippen LogP contribution in [0.5, 0.6) is 11.5 Å². The van der Waals surface area contributed by atoms with Gasteiger partial charge in [-0.1, -0.05) is 42.5 Å². The van der Waals surface area contributed by atoms with Crippen LogP contribution in [0.25, 0.3) is 0 Å². The number of para-hydroxylation sites is 2. The molecule has 0 spiro atoms. The fraction of sp³-hybridized carbons (Fsp3) is 0.226. The normalized spacial score (nSPS) is 14.3. The van der Waals surface area contributed by atoms with Gasteiger partial charge in [0.15, 0.2) is 0 Å². The average Bonchev–Trinajstić information content (AvgIpc) is 3.45. The van der Waals surface area contributed by atoms with E-state index < -0.39 is 11.8 Å². The molecule has 1 atom stereocenters. The molecule has 1 aliphatic heterocycles. The minimum Gasteiger partial charge on any atom is -0.457 e. The standard InChI is InChI=1S/C31H31FN4O4/c1-39-20-19-35(31(38)33-27-14-6-5-13-26(27)32)22-29(37)36-18-17-34-16-8-15-28(34)30(36)23-9-7-12-25(21-23)40-24-10-3-2-4-11-24/h2-16,21,30H,17-20,22H2,1H3,(H,33,38). The van der Waals surface area contributed by atoms with Gasteiger partial charge >= 0.3 is 6.03 Å². The van der Waals surface area contributed by atoms with E-state index >= 15 is 0 Å². The number of carbonyl (C=O) groups is 2.